The fourth-order valence-corrected chi connectivity index (χ4v) is 3.79. The summed E-state index contributed by atoms with van der Waals surface area (Å²) in [6.45, 7) is 5.84. The Labute approximate surface area is 150 Å². The van der Waals surface area contributed by atoms with Gasteiger partial charge in [0.2, 0.25) is 0 Å². The Morgan fingerprint density at radius 1 is 1.28 bits per heavy atom. The molecule has 1 saturated heterocycles. The third kappa shape index (κ3) is 4.05. The van der Waals surface area contributed by atoms with Gasteiger partial charge in [-0.3, -0.25) is 9.58 Å². The fraction of sp³-hybridized carbons (Fsp3) is 0.550. The van der Waals surface area contributed by atoms with E-state index in [0.717, 1.165) is 37.3 Å². The van der Waals surface area contributed by atoms with Gasteiger partial charge in [-0.05, 0) is 43.0 Å². The summed E-state index contributed by atoms with van der Waals surface area (Å²) in [6, 6.07) is 10.9. The number of rotatable bonds is 7. The predicted octanol–water partition coefficient (Wildman–Crippen LogP) is 3.56. The summed E-state index contributed by atoms with van der Waals surface area (Å²) in [4.78, 5) is 2.32. The summed E-state index contributed by atoms with van der Waals surface area (Å²) in [5.41, 5.74) is 2.25. The summed E-state index contributed by atoms with van der Waals surface area (Å²) < 4.78 is 7.44. The van der Waals surface area contributed by atoms with Gasteiger partial charge in [0.1, 0.15) is 5.75 Å². The Morgan fingerprint density at radius 2 is 2.08 bits per heavy atom. The molecule has 5 nitrogen and oxygen atoms in total. The lowest BCUT2D eigenvalue weighted by atomic mass is 10.0. The molecule has 2 aromatic rings. The summed E-state index contributed by atoms with van der Waals surface area (Å²) in [5.74, 6) is 0.858. The number of nitrogens with zero attached hydrogens (tertiary/aromatic N) is 3. The van der Waals surface area contributed by atoms with E-state index in [1.165, 1.54) is 5.56 Å². The number of β-amino-alcohol motifs (C(OH)–C–C–N with tert-alkyl or cyclic N) is 1. The second kappa shape index (κ2) is 8.02. The monoisotopic (exact) mass is 343 g/mol. The normalized spacial score (nSPS) is 21.2. The third-order valence-electron chi connectivity index (χ3n) is 5.21. The average Bonchev–Trinajstić information content (AvgIpc) is 3.23. The molecule has 1 aliphatic rings. The highest BCUT2D eigenvalue weighted by atomic mass is 16.5. The molecule has 25 heavy (non-hydrogen) atoms. The first-order chi connectivity index (χ1) is 12.1. The van der Waals surface area contributed by atoms with Gasteiger partial charge in [0.15, 0.2) is 0 Å². The van der Waals surface area contributed by atoms with Gasteiger partial charge in [0.25, 0.3) is 0 Å². The van der Waals surface area contributed by atoms with E-state index in [4.69, 9.17) is 9.84 Å². The number of likely N-dealkylation sites (tertiary alicyclic amines) is 1. The van der Waals surface area contributed by atoms with Crippen LogP contribution in [0.25, 0.3) is 0 Å². The maximum Gasteiger partial charge on any atom is 0.119 e. The zero-order chi connectivity index (χ0) is 17.8. The first kappa shape index (κ1) is 18.0. The Balaban J connectivity index is 1.76. The summed E-state index contributed by atoms with van der Waals surface area (Å²) >= 11 is 0. The van der Waals surface area contributed by atoms with E-state index < -0.39 is 0 Å². The molecule has 1 N–H and O–H groups in total. The molecule has 0 bridgehead atoms. The van der Waals surface area contributed by atoms with Gasteiger partial charge in [0.05, 0.1) is 24.9 Å². The second-order valence-corrected chi connectivity index (χ2v) is 6.87. The number of aromatic nitrogens is 2. The smallest absolute Gasteiger partial charge is 0.119 e. The van der Waals surface area contributed by atoms with E-state index in [-0.39, 0.29) is 12.1 Å². The molecule has 2 atom stereocenters. The van der Waals surface area contributed by atoms with Gasteiger partial charge in [0, 0.05) is 25.3 Å². The number of aliphatic hydroxyl groups excluding tert-OH is 1. The van der Waals surface area contributed by atoms with Crippen LogP contribution in [0.15, 0.2) is 36.5 Å². The van der Waals surface area contributed by atoms with Crippen molar-refractivity contribution < 1.29 is 9.84 Å². The predicted molar refractivity (Wildman–Crippen MR) is 98.6 cm³/mol. The molecule has 1 aromatic heterocycles. The SMILES string of the molecule is CCC(CC)n1ccc(CN2C[C@H](O)C[C@@H]2c2cccc(OC)c2)n1. The van der Waals surface area contributed by atoms with Crippen molar-refractivity contribution in [3.63, 3.8) is 0 Å². The molecule has 5 heteroatoms. The van der Waals surface area contributed by atoms with Crippen molar-refractivity contribution >= 4 is 0 Å². The maximum absolute atomic E-state index is 10.2. The molecule has 2 heterocycles. The van der Waals surface area contributed by atoms with E-state index in [9.17, 15) is 5.11 Å². The van der Waals surface area contributed by atoms with Crippen LogP contribution in [-0.4, -0.2) is 39.5 Å². The lowest BCUT2D eigenvalue weighted by Crippen LogP contribution is -2.24. The summed E-state index contributed by atoms with van der Waals surface area (Å²) in [5, 5.41) is 15.0. The van der Waals surface area contributed by atoms with Crippen molar-refractivity contribution in [1.82, 2.24) is 14.7 Å². The molecule has 0 spiro atoms. The van der Waals surface area contributed by atoms with E-state index in [0.29, 0.717) is 12.6 Å². The molecule has 1 fully saturated rings. The highest BCUT2D eigenvalue weighted by molar-refractivity contribution is 5.31. The van der Waals surface area contributed by atoms with Crippen molar-refractivity contribution in [1.29, 1.82) is 0 Å². The minimum absolute atomic E-state index is 0.198. The molecular formula is C20H29N3O2. The molecule has 0 radical (unpaired) electrons. The van der Waals surface area contributed by atoms with Crippen LogP contribution in [0, 0.1) is 0 Å². The van der Waals surface area contributed by atoms with Crippen LogP contribution in [0.4, 0.5) is 0 Å². The Morgan fingerprint density at radius 3 is 2.80 bits per heavy atom. The van der Waals surface area contributed by atoms with Crippen molar-refractivity contribution in [2.24, 2.45) is 0 Å². The molecule has 0 aliphatic carbocycles. The van der Waals surface area contributed by atoms with Crippen molar-refractivity contribution in [2.75, 3.05) is 13.7 Å². The topological polar surface area (TPSA) is 50.5 Å². The fourth-order valence-electron chi connectivity index (χ4n) is 3.79. The zero-order valence-electron chi connectivity index (χ0n) is 15.4. The zero-order valence-corrected chi connectivity index (χ0v) is 15.4. The van der Waals surface area contributed by atoms with Crippen LogP contribution in [0.2, 0.25) is 0 Å². The standard InChI is InChI=1S/C20H29N3O2/c1-4-17(5-2)23-10-9-16(21-23)13-22-14-18(24)12-20(22)15-7-6-8-19(11-15)25-3/h6-11,17-18,20,24H,4-5,12-14H2,1-3H3/t18-,20-/m1/s1. The van der Waals surface area contributed by atoms with E-state index >= 15 is 0 Å². The Kier molecular flexibility index (Phi) is 5.76. The molecule has 136 valence electrons. The first-order valence-electron chi connectivity index (χ1n) is 9.24. The Bertz CT molecular complexity index is 681. The van der Waals surface area contributed by atoms with Crippen LogP contribution in [-0.2, 0) is 6.54 Å². The lowest BCUT2D eigenvalue weighted by molar-refractivity contribution is 0.172. The summed E-state index contributed by atoms with van der Waals surface area (Å²) in [6.07, 6.45) is 4.72. The number of hydrogen-bond donors (Lipinski definition) is 1. The third-order valence-corrected chi connectivity index (χ3v) is 5.21. The Hall–Kier alpha value is -1.85. The molecular weight excluding hydrogens is 314 g/mol. The highest BCUT2D eigenvalue weighted by Gasteiger charge is 2.32. The summed E-state index contributed by atoms with van der Waals surface area (Å²) in [7, 11) is 1.69. The van der Waals surface area contributed by atoms with Crippen molar-refractivity contribution in [3.8, 4) is 5.75 Å². The van der Waals surface area contributed by atoms with Gasteiger partial charge < -0.3 is 9.84 Å². The first-order valence-corrected chi connectivity index (χ1v) is 9.24. The molecule has 0 amide bonds. The van der Waals surface area contributed by atoms with E-state index in [1.807, 2.05) is 12.1 Å². The molecule has 1 aromatic carbocycles. The minimum Gasteiger partial charge on any atom is -0.497 e. The number of methoxy groups -OCH3 is 1. The van der Waals surface area contributed by atoms with Crippen LogP contribution in [0.3, 0.4) is 0 Å². The maximum atomic E-state index is 10.2. The lowest BCUT2D eigenvalue weighted by Gasteiger charge is -2.24. The number of ether oxygens (including phenoxy) is 1. The van der Waals surface area contributed by atoms with Gasteiger partial charge >= 0.3 is 0 Å². The van der Waals surface area contributed by atoms with Crippen LogP contribution in [0.1, 0.15) is 56.5 Å². The van der Waals surface area contributed by atoms with E-state index in [1.54, 1.807) is 7.11 Å². The number of aliphatic hydroxyl groups is 1. The molecule has 0 saturated carbocycles. The highest BCUT2D eigenvalue weighted by Crippen LogP contribution is 2.34. The van der Waals surface area contributed by atoms with Gasteiger partial charge in [-0.1, -0.05) is 26.0 Å². The van der Waals surface area contributed by atoms with Crippen molar-refractivity contribution in [3.05, 3.63) is 47.8 Å². The van der Waals surface area contributed by atoms with E-state index in [2.05, 4.69) is 47.8 Å². The second-order valence-electron chi connectivity index (χ2n) is 6.87. The van der Waals surface area contributed by atoms with Crippen LogP contribution < -0.4 is 4.74 Å². The van der Waals surface area contributed by atoms with Gasteiger partial charge in [-0.25, -0.2) is 0 Å². The average molecular weight is 343 g/mol. The minimum atomic E-state index is -0.294. The van der Waals surface area contributed by atoms with Gasteiger partial charge in [-0.2, -0.15) is 5.10 Å². The quantitative estimate of drug-likeness (QED) is 0.835. The van der Waals surface area contributed by atoms with Crippen LogP contribution >= 0.6 is 0 Å². The molecule has 1 aliphatic heterocycles. The molecule has 3 rings (SSSR count). The van der Waals surface area contributed by atoms with Gasteiger partial charge in [-0.15, -0.1) is 0 Å². The van der Waals surface area contributed by atoms with Crippen LogP contribution in [0.5, 0.6) is 5.75 Å². The number of benzene rings is 1. The molecule has 0 unspecified atom stereocenters. The number of hydrogen-bond acceptors (Lipinski definition) is 4. The van der Waals surface area contributed by atoms with Crippen molar-refractivity contribution in [2.45, 2.75) is 57.8 Å². The largest absolute Gasteiger partial charge is 0.497 e.